The van der Waals surface area contributed by atoms with Crippen molar-refractivity contribution in [3.05, 3.63) is 60.3 Å². The summed E-state index contributed by atoms with van der Waals surface area (Å²) in [6, 6.07) is 7.90. The highest BCUT2D eigenvalue weighted by Gasteiger charge is 2.24. The van der Waals surface area contributed by atoms with Crippen LogP contribution in [0.15, 0.2) is 49.1 Å². The molecule has 1 N–H and O–H groups in total. The maximum absolute atomic E-state index is 5.86. The zero-order valence-electron chi connectivity index (χ0n) is 15.1. The topological polar surface area (TPSA) is 82.0 Å². The first kappa shape index (κ1) is 17.4. The standard InChI is InChI=1S/C20H21N5O2/c1-26-15-6-4-14(5-7-15)11-23-20-24-12-16(17-13-21-8-9-22-17)19(25-20)18-3-2-10-27-18/h4-9,12-13,18H,2-3,10-11H2,1H3,(H,23,24,25)/t18-/m1/s1. The predicted molar refractivity (Wildman–Crippen MR) is 101 cm³/mol. The molecule has 7 nitrogen and oxygen atoms in total. The van der Waals surface area contributed by atoms with Crippen LogP contribution in [-0.4, -0.2) is 33.7 Å². The number of rotatable bonds is 6. The van der Waals surface area contributed by atoms with Crippen LogP contribution in [0.25, 0.3) is 11.3 Å². The lowest BCUT2D eigenvalue weighted by atomic mass is 10.1. The number of nitrogens with zero attached hydrogens (tertiary/aromatic N) is 4. The van der Waals surface area contributed by atoms with Gasteiger partial charge in [-0.15, -0.1) is 0 Å². The Morgan fingerprint density at radius 1 is 1.15 bits per heavy atom. The lowest BCUT2D eigenvalue weighted by molar-refractivity contribution is 0.109. The van der Waals surface area contributed by atoms with Gasteiger partial charge in [0.2, 0.25) is 5.95 Å². The molecule has 0 bridgehead atoms. The minimum Gasteiger partial charge on any atom is -0.497 e. The first-order chi connectivity index (χ1) is 13.3. The highest BCUT2D eigenvalue weighted by molar-refractivity contribution is 5.61. The van der Waals surface area contributed by atoms with Crippen molar-refractivity contribution in [1.82, 2.24) is 19.9 Å². The normalized spacial score (nSPS) is 16.3. The van der Waals surface area contributed by atoms with Crippen LogP contribution in [0.1, 0.15) is 30.2 Å². The second-order valence-electron chi connectivity index (χ2n) is 6.29. The summed E-state index contributed by atoms with van der Waals surface area (Å²) in [5, 5.41) is 3.29. The van der Waals surface area contributed by atoms with E-state index < -0.39 is 0 Å². The number of aromatic nitrogens is 4. The molecule has 0 aliphatic carbocycles. The van der Waals surface area contributed by atoms with Gasteiger partial charge in [0.05, 0.1) is 24.7 Å². The first-order valence-corrected chi connectivity index (χ1v) is 8.95. The van der Waals surface area contributed by atoms with E-state index in [4.69, 9.17) is 14.5 Å². The molecule has 0 spiro atoms. The van der Waals surface area contributed by atoms with Crippen molar-refractivity contribution < 1.29 is 9.47 Å². The quantitative estimate of drug-likeness (QED) is 0.718. The van der Waals surface area contributed by atoms with Crippen molar-refractivity contribution in [2.24, 2.45) is 0 Å². The lowest BCUT2D eigenvalue weighted by Crippen LogP contribution is -2.09. The van der Waals surface area contributed by atoms with E-state index in [2.05, 4.69) is 20.3 Å². The van der Waals surface area contributed by atoms with Gasteiger partial charge < -0.3 is 14.8 Å². The van der Waals surface area contributed by atoms with Gasteiger partial charge in [-0.25, -0.2) is 9.97 Å². The van der Waals surface area contributed by atoms with Gasteiger partial charge in [-0.2, -0.15) is 0 Å². The maximum Gasteiger partial charge on any atom is 0.223 e. The fourth-order valence-electron chi connectivity index (χ4n) is 3.08. The summed E-state index contributed by atoms with van der Waals surface area (Å²) in [6.45, 7) is 1.38. The van der Waals surface area contributed by atoms with Gasteiger partial charge >= 0.3 is 0 Å². The van der Waals surface area contributed by atoms with E-state index >= 15 is 0 Å². The van der Waals surface area contributed by atoms with E-state index in [-0.39, 0.29) is 6.10 Å². The molecule has 1 aliphatic heterocycles. The summed E-state index contributed by atoms with van der Waals surface area (Å²) in [5.74, 6) is 1.41. The third kappa shape index (κ3) is 4.03. The van der Waals surface area contributed by atoms with Crippen molar-refractivity contribution in [3.8, 4) is 17.0 Å². The van der Waals surface area contributed by atoms with Crippen LogP contribution in [0.4, 0.5) is 5.95 Å². The van der Waals surface area contributed by atoms with Crippen LogP contribution in [0.2, 0.25) is 0 Å². The van der Waals surface area contributed by atoms with Gasteiger partial charge in [-0.05, 0) is 30.5 Å². The average molecular weight is 363 g/mol. The lowest BCUT2D eigenvalue weighted by Gasteiger charge is -2.15. The van der Waals surface area contributed by atoms with Crippen LogP contribution in [0.5, 0.6) is 5.75 Å². The molecule has 2 aromatic heterocycles. The fourth-order valence-corrected chi connectivity index (χ4v) is 3.08. The third-order valence-electron chi connectivity index (χ3n) is 4.50. The van der Waals surface area contributed by atoms with Gasteiger partial charge in [0.25, 0.3) is 0 Å². The van der Waals surface area contributed by atoms with Crippen molar-refractivity contribution in [2.45, 2.75) is 25.5 Å². The second-order valence-corrected chi connectivity index (χ2v) is 6.29. The number of benzene rings is 1. The Balaban J connectivity index is 1.57. The van der Waals surface area contributed by atoms with E-state index in [1.807, 2.05) is 24.3 Å². The minimum absolute atomic E-state index is 0.0356. The molecule has 0 saturated carbocycles. The second kappa shape index (κ2) is 8.09. The van der Waals surface area contributed by atoms with Crippen molar-refractivity contribution in [3.63, 3.8) is 0 Å². The SMILES string of the molecule is COc1ccc(CNc2ncc(-c3cnccn3)c([C@H]3CCCO3)n2)cc1. The molecular formula is C20H21N5O2. The number of hydrogen-bond acceptors (Lipinski definition) is 7. The Hall–Kier alpha value is -3.06. The van der Waals surface area contributed by atoms with Crippen LogP contribution in [-0.2, 0) is 11.3 Å². The molecule has 138 valence electrons. The molecule has 0 radical (unpaired) electrons. The number of ether oxygens (including phenoxy) is 2. The number of hydrogen-bond donors (Lipinski definition) is 1. The Bertz CT molecular complexity index is 881. The van der Waals surface area contributed by atoms with Crippen molar-refractivity contribution in [2.75, 3.05) is 19.0 Å². The molecule has 27 heavy (non-hydrogen) atoms. The molecule has 1 aliphatic rings. The molecule has 1 fully saturated rings. The first-order valence-electron chi connectivity index (χ1n) is 8.95. The molecule has 4 rings (SSSR count). The molecular weight excluding hydrogens is 342 g/mol. The highest BCUT2D eigenvalue weighted by Crippen LogP contribution is 2.33. The molecule has 0 amide bonds. The average Bonchev–Trinajstić information content (AvgIpc) is 3.28. The zero-order valence-corrected chi connectivity index (χ0v) is 15.1. The van der Waals surface area contributed by atoms with Crippen LogP contribution in [0, 0.1) is 0 Å². The van der Waals surface area contributed by atoms with E-state index in [9.17, 15) is 0 Å². The summed E-state index contributed by atoms with van der Waals surface area (Å²) >= 11 is 0. The maximum atomic E-state index is 5.86. The van der Waals surface area contributed by atoms with Crippen LogP contribution < -0.4 is 10.1 Å². The smallest absolute Gasteiger partial charge is 0.223 e. The zero-order chi connectivity index (χ0) is 18.5. The molecule has 3 aromatic rings. The Kier molecular flexibility index (Phi) is 5.20. The van der Waals surface area contributed by atoms with Gasteiger partial charge in [0, 0.05) is 37.3 Å². The Labute approximate surface area is 157 Å². The van der Waals surface area contributed by atoms with Crippen molar-refractivity contribution >= 4 is 5.95 Å². The molecule has 1 aromatic carbocycles. The van der Waals surface area contributed by atoms with E-state index in [1.54, 1.807) is 31.9 Å². The van der Waals surface area contributed by atoms with Gasteiger partial charge in [0.1, 0.15) is 11.9 Å². The van der Waals surface area contributed by atoms with Gasteiger partial charge in [0.15, 0.2) is 0 Å². The van der Waals surface area contributed by atoms with E-state index in [0.29, 0.717) is 12.5 Å². The number of nitrogens with one attached hydrogen (secondary N) is 1. The van der Waals surface area contributed by atoms with Crippen molar-refractivity contribution in [1.29, 1.82) is 0 Å². The van der Waals surface area contributed by atoms with E-state index in [0.717, 1.165) is 47.7 Å². The fraction of sp³-hybridized carbons (Fsp3) is 0.300. The van der Waals surface area contributed by atoms with Crippen LogP contribution in [0.3, 0.4) is 0 Å². The van der Waals surface area contributed by atoms with E-state index in [1.165, 1.54) is 0 Å². The molecule has 1 saturated heterocycles. The molecule has 3 heterocycles. The number of methoxy groups -OCH3 is 1. The number of anilines is 1. The molecule has 7 heteroatoms. The van der Waals surface area contributed by atoms with Gasteiger partial charge in [-0.3, -0.25) is 9.97 Å². The monoisotopic (exact) mass is 363 g/mol. The molecule has 0 unspecified atom stereocenters. The minimum atomic E-state index is -0.0356. The predicted octanol–water partition coefficient (Wildman–Crippen LogP) is 3.41. The molecule has 1 atom stereocenters. The highest BCUT2D eigenvalue weighted by atomic mass is 16.5. The summed E-state index contributed by atoms with van der Waals surface area (Å²) in [7, 11) is 1.66. The summed E-state index contributed by atoms with van der Waals surface area (Å²) in [4.78, 5) is 17.8. The Morgan fingerprint density at radius 2 is 2.04 bits per heavy atom. The third-order valence-corrected chi connectivity index (χ3v) is 4.50. The van der Waals surface area contributed by atoms with Gasteiger partial charge in [-0.1, -0.05) is 12.1 Å². The summed E-state index contributed by atoms with van der Waals surface area (Å²) < 4.78 is 11.1. The Morgan fingerprint density at radius 3 is 2.74 bits per heavy atom. The summed E-state index contributed by atoms with van der Waals surface area (Å²) in [5.41, 5.74) is 3.60. The largest absolute Gasteiger partial charge is 0.497 e. The summed E-state index contributed by atoms with van der Waals surface area (Å²) in [6.07, 6.45) is 8.79. The van der Waals surface area contributed by atoms with Crippen LogP contribution >= 0.6 is 0 Å².